The molecule has 6 heteroatoms. The van der Waals surface area contributed by atoms with E-state index in [0.29, 0.717) is 23.3 Å². The summed E-state index contributed by atoms with van der Waals surface area (Å²) < 4.78 is 5.26. The third kappa shape index (κ3) is 3.46. The number of nitrogens with zero attached hydrogens (tertiary/aromatic N) is 2. The summed E-state index contributed by atoms with van der Waals surface area (Å²) in [7, 11) is 1.57. The van der Waals surface area contributed by atoms with E-state index in [1.54, 1.807) is 7.11 Å². The second-order valence-corrected chi connectivity index (χ2v) is 5.40. The van der Waals surface area contributed by atoms with Gasteiger partial charge in [0.05, 0.1) is 7.11 Å². The average molecular weight is 253 g/mol. The lowest BCUT2D eigenvalue weighted by Gasteiger charge is -2.27. The molecule has 0 bridgehead atoms. The van der Waals surface area contributed by atoms with Gasteiger partial charge in [-0.2, -0.15) is 0 Å². The van der Waals surface area contributed by atoms with Gasteiger partial charge < -0.3 is 15.5 Å². The van der Waals surface area contributed by atoms with E-state index in [0.717, 1.165) is 6.54 Å². The highest BCUT2D eigenvalue weighted by atomic mass is 16.5. The molecular weight excluding hydrogens is 230 g/mol. The molecule has 0 aliphatic carbocycles. The van der Waals surface area contributed by atoms with Crippen molar-refractivity contribution in [3.8, 4) is 5.75 Å². The minimum Gasteiger partial charge on any atom is -0.490 e. The van der Waals surface area contributed by atoms with Crippen molar-refractivity contribution in [1.82, 2.24) is 9.97 Å². The van der Waals surface area contributed by atoms with Gasteiger partial charge in [-0.3, -0.25) is 0 Å². The third-order valence-corrected chi connectivity index (χ3v) is 3.20. The van der Waals surface area contributed by atoms with Crippen LogP contribution in [0, 0.1) is 11.3 Å². The number of hydrogen-bond acceptors (Lipinski definition) is 6. The SMILES string of the molecule is COc1c(NN)ncnc1NCC(C)C(C)(C)C. The molecule has 102 valence electrons. The van der Waals surface area contributed by atoms with Crippen molar-refractivity contribution < 1.29 is 4.74 Å². The Morgan fingerprint density at radius 3 is 2.44 bits per heavy atom. The van der Waals surface area contributed by atoms with E-state index in [1.807, 2.05) is 0 Å². The maximum absolute atomic E-state index is 5.37. The summed E-state index contributed by atoms with van der Waals surface area (Å²) in [5, 5.41) is 3.27. The van der Waals surface area contributed by atoms with E-state index in [-0.39, 0.29) is 5.41 Å². The minimum atomic E-state index is 0.238. The molecule has 1 atom stereocenters. The smallest absolute Gasteiger partial charge is 0.205 e. The molecule has 1 aromatic rings. The fourth-order valence-electron chi connectivity index (χ4n) is 1.35. The van der Waals surface area contributed by atoms with Crippen LogP contribution in [0.25, 0.3) is 0 Å². The normalized spacial score (nSPS) is 13.0. The molecule has 4 N–H and O–H groups in total. The lowest BCUT2D eigenvalue weighted by atomic mass is 9.82. The molecule has 0 spiro atoms. The Kier molecular flexibility index (Phi) is 4.72. The van der Waals surface area contributed by atoms with Crippen molar-refractivity contribution in [2.75, 3.05) is 24.4 Å². The molecule has 1 unspecified atom stereocenters. The molecule has 1 aromatic heterocycles. The Labute approximate surface area is 108 Å². The highest BCUT2D eigenvalue weighted by molar-refractivity contribution is 5.62. The van der Waals surface area contributed by atoms with E-state index < -0.39 is 0 Å². The molecular formula is C12H23N5O. The van der Waals surface area contributed by atoms with Gasteiger partial charge in [-0.15, -0.1) is 0 Å². The Balaban J connectivity index is 2.79. The molecule has 0 aromatic carbocycles. The third-order valence-electron chi connectivity index (χ3n) is 3.20. The monoisotopic (exact) mass is 253 g/mol. The zero-order valence-electron chi connectivity index (χ0n) is 11.7. The van der Waals surface area contributed by atoms with E-state index in [4.69, 9.17) is 10.6 Å². The van der Waals surface area contributed by atoms with E-state index in [2.05, 4.69) is 48.4 Å². The zero-order chi connectivity index (χ0) is 13.8. The molecule has 0 saturated carbocycles. The van der Waals surface area contributed by atoms with Crippen LogP contribution in [0.2, 0.25) is 0 Å². The van der Waals surface area contributed by atoms with Gasteiger partial charge in [-0.05, 0) is 11.3 Å². The Hall–Kier alpha value is -1.56. The van der Waals surface area contributed by atoms with Crippen LogP contribution >= 0.6 is 0 Å². The first-order valence-corrected chi connectivity index (χ1v) is 5.99. The maximum Gasteiger partial charge on any atom is 0.205 e. The van der Waals surface area contributed by atoms with Gasteiger partial charge in [0.2, 0.25) is 5.75 Å². The van der Waals surface area contributed by atoms with Crippen LogP contribution in [0.3, 0.4) is 0 Å². The van der Waals surface area contributed by atoms with Crippen LogP contribution in [0.4, 0.5) is 11.6 Å². The number of nitrogen functional groups attached to an aromatic ring is 1. The molecule has 6 nitrogen and oxygen atoms in total. The largest absolute Gasteiger partial charge is 0.490 e. The summed E-state index contributed by atoms with van der Waals surface area (Å²) in [5.74, 6) is 7.51. The first-order valence-electron chi connectivity index (χ1n) is 5.99. The maximum atomic E-state index is 5.37. The van der Waals surface area contributed by atoms with Crippen LogP contribution in [0.1, 0.15) is 27.7 Å². The summed E-state index contributed by atoms with van der Waals surface area (Å²) in [6, 6.07) is 0. The summed E-state index contributed by atoms with van der Waals surface area (Å²) in [6.07, 6.45) is 1.45. The molecule has 0 aliphatic heterocycles. The zero-order valence-corrected chi connectivity index (χ0v) is 11.7. The van der Waals surface area contributed by atoms with E-state index >= 15 is 0 Å². The van der Waals surface area contributed by atoms with Crippen molar-refractivity contribution in [3.05, 3.63) is 6.33 Å². The number of methoxy groups -OCH3 is 1. The fourth-order valence-corrected chi connectivity index (χ4v) is 1.35. The number of hydrazine groups is 1. The van der Waals surface area contributed by atoms with Gasteiger partial charge in [0.25, 0.3) is 0 Å². The molecule has 0 radical (unpaired) electrons. The topological polar surface area (TPSA) is 85.1 Å². The standard InChI is InChI=1S/C12H23N5O/c1-8(12(2,3)4)6-14-10-9(18-5)11(17-13)16-7-15-10/h7-8H,6,13H2,1-5H3,(H2,14,15,16,17). The molecule has 0 amide bonds. The Morgan fingerprint density at radius 2 is 1.94 bits per heavy atom. The summed E-state index contributed by atoms with van der Waals surface area (Å²) >= 11 is 0. The lowest BCUT2D eigenvalue weighted by Crippen LogP contribution is -2.25. The number of anilines is 2. The predicted octanol–water partition coefficient (Wildman–Crippen LogP) is 1.86. The Morgan fingerprint density at radius 1 is 1.33 bits per heavy atom. The van der Waals surface area contributed by atoms with Crippen molar-refractivity contribution in [1.29, 1.82) is 0 Å². The average Bonchev–Trinajstić information content (AvgIpc) is 2.33. The lowest BCUT2D eigenvalue weighted by molar-refractivity contribution is 0.274. The van der Waals surface area contributed by atoms with Gasteiger partial charge in [0, 0.05) is 6.54 Å². The highest BCUT2D eigenvalue weighted by Gasteiger charge is 2.20. The van der Waals surface area contributed by atoms with Gasteiger partial charge in [-0.25, -0.2) is 15.8 Å². The highest BCUT2D eigenvalue weighted by Crippen LogP contribution is 2.30. The van der Waals surface area contributed by atoms with Crippen molar-refractivity contribution in [3.63, 3.8) is 0 Å². The first kappa shape index (κ1) is 14.5. The summed E-state index contributed by atoms with van der Waals surface area (Å²) in [5.41, 5.74) is 2.73. The number of aromatic nitrogens is 2. The molecule has 1 heterocycles. The number of hydrogen-bond donors (Lipinski definition) is 3. The van der Waals surface area contributed by atoms with Crippen LogP contribution < -0.4 is 21.3 Å². The second-order valence-electron chi connectivity index (χ2n) is 5.40. The minimum absolute atomic E-state index is 0.238. The van der Waals surface area contributed by atoms with Crippen LogP contribution in [-0.4, -0.2) is 23.6 Å². The van der Waals surface area contributed by atoms with Crippen LogP contribution in [0.15, 0.2) is 6.33 Å². The van der Waals surface area contributed by atoms with Gasteiger partial charge >= 0.3 is 0 Å². The number of nitrogens with one attached hydrogen (secondary N) is 2. The molecule has 0 aliphatic rings. The Bertz CT molecular complexity index is 389. The summed E-state index contributed by atoms with van der Waals surface area (Å²) in [6.45, 7) is 9.64. The molecule has 1 rings (SSSR count). The number of nitrogens with two attached hydrogens (primary N) is 1. The number of rotatable bonds is 5. The molecule has 0 fully saturated rings. The number of ether oxygens (including phenoxy) is 1. The second kappa shape index (κ2) is 5.86. The van der Waals surface area contributed by atoms with Gasteiger partial charge in [0.15, 0.2) is 11.6 Å². The molecule has 0 saturated heterocycles. The van der Waals surface area contributed by atoms with Crippen LogP contribution in [-0.2, 0) is 0 Å². The van der Waals surface area contributed by atoms with Crippen LogP contribution in [0.5, 0.6) is 5.75 Å². The first-order chi connectivity index (χ1) is 8.40. The summed E-state index contributed by atoms with van der Waals surface area (Å²) in [4.78, 5) is 8.16. The van der Waals surface area contributed by atoms with Gasteiger partial charge in [0.1, 0.15) is 6.33 Å². The van der Waals surface area contributed by atoms with E-state index in [9.17, 15) is 0 Å². The van der Waals surface area contributed by atoms with Crippen molar-refractivity contribution >= 4 is 11.6 Å². The van der Waals surface area contributed by atoms with Gasteiger partial charge in [-0.1, -0.05) is 27.7 Å². The predicted molar refractivity (Wildman–Crippen MR) is 73.5 cm³/mol. The fraction of sp³-hybridized carbons (Fsp3) is 0.667. The quantitative estimate of drug-likeness (QED) is 0.548. The van der Waals surface area contributed by atoms with Crippen molar-refractivity contribution in [2.45, 2.75) is 27.7 Å². The van der Waals surface area contributed by atoms with Crippen molar-refractivity contribution in [2.24, 2.45) is 17.2 Å². The van der Waals surface area contributed by atoms with E-state index in [1.165, 1.54) is 6.33 Å². The molecule has 18 heavy (non-hydrogen) atoms.